The molecular formula is C14H19N3O. The molecule has 18 heavy (non-hydrogen) atoms. The number of hydrogen-bond donors (Lipinski definition) is 1. The van der Waals surface area contributed by atoms with Gasteiger partial charge in [-0.15, -0.1) is 0 Å². The highest BCUT2D eigenvalue weighted by atomic mass is 16.1. The third-order valence-electron chi connectivity index (χ3n) is 4.87. The second-order valence-electron chi connectivity index (χ2n) is 6.15. The molecule has 4 nitrogen and oxygen atoms in total. The maximum absolute atomic E-state index is 12.3. The normalized spacial score (nSPS) is 33.9. The molecule has 0 amide bonds. The Kier molecular flexibility index (Phi) is 2.26. The second kappa shape index (κ2) is 3.84. The number of hydrogen-bond acceptors (Lipinski definition) is 3. The Balaban J connectivity index is 1.58. The van der Waals surface area contributed by atoms with Gasteiger partial charge in [0.1, 0.15) is 0 Å². The van der Waals surface area contributed by atoms with E-state index in [0.717, 1.165) is 24.7 Å². The van der Waals surface area contributed by atoms with Gasteiger partial charge in [-0.3, -0.25) is 4.79 Å². The van der Waals surface area contributed by atoms with Crippen LogP contribution in [0.25, 0.3) is 0 Å². The largest absolute Gasteiger partial charge is 0.362 e. The third-order valence-corrected chi connectivity index (χ3v) is 4.87. The number of anilines is 1. The molecule has 96 valence electrons. The fourth-order valence-corrected chi connectivity index (χ4v) is 3.76. The van der Waals surface area contributed by atoms with Crippen LogP contribution in [0.4, 0.5) is 5.82 Å². The van der Waals surface area contributed by atoms with Gasteiger partial charge in [-0.2, -0.15) is 0 Å². The molecule has 3 aliphatic rings. The molecule has 3 fully saturated rings. The van der Waals surface area contributed by atoms with Gasteiger partial charge in [0, 0.05) is 24.5 Å². The molecule has 3 aliphatic carbocycles. The van der Waals surface area contributed by atoms with Gasteiger partial charge in [-0.05, 0) is 43.9 Å². The first kappa shape index (κ1) is 10.6. The molecule has 0 saturated heterocycles. The monoisotopic (exact) mass is 245 g/mol. The van der Waals surface area contributed by atoms with Crippen molar-refractivity contribution in [2.75, 3.05) is 5.32 Å². The lowest BCUT2D eigenvalue weighted by Crippen LogP contribution is -2.32. The average Bonchev–Trinajstić information content (AvgIpc) is 3.01. The van der Waals surface area contributed by atoms with E-state index < -0.39 is 0 Å². The van der Waals surface area contributed by atoms with Crippen molar-refractivity contribution in [1.82, 2.24) is 9.55 Å². The molecule has 1 aromatic rings. The van der Waals surface area contributed by atoms with E-state index in [2.05, 4.69) is 10.3 Å². The van der Waals surface area contributed by atoms with E-state index in [9.17, 15) is 4.79 Å². The Hall–Kier alpha value is -1.32. The number of rotatable bonds is 3. The molecule has 4 rings (SSSR count). The number of fused-ring (bicyclic) bond motifs is 2. The van der Waals surface area contributed by atoms with Crippen LogP contribution in [0.3, 0.4) is 0 Å². The lowest BCUT2D eigenvalue weighted by Gasteiger charge is -2.23. The lowest BCUT2D eigenvalue weighted by atomic mass is 9.95. The second-order valence-corrected chi connectivity index (χ2v) is 6.15. The van der Waals surface area contributed by atoms with E-state index in [-0.39, 0.29) is 5.56 Å². The van der Waals surface area contributed by atoms with E-state index in [1.54, 1.807) is 6.20 Å². The van der Waals surface area contributed by atoms with Crippen molar-refractivity contribution < 1.29 is 0 Å². The first-order chi connectivity index (χ1) is 8.81. The van der Waals surface area contributed by atoms with Crippen molar-refractivity contribution in [3.05, 3.63) is 22.7 Å². The van der Waals surface area contributed by atoms with Gasteiger partial charge < -0.3 is 9.88 Å². The Labute approximate surface area is 106 Å². The SMILES string of the molecule is O=c1c(NC2CC3CCC2C3)nccn1C1CC1. The van der Waals surface area contributed by atoms with Crippen molar-refractivity contribution in [2.45, 2.75) is 50.6 Å². The van der Waals surface area contributed by atoms with Crippen LogP contribution in [0.15, 0.2) is 17.2 Å². The maximum Gasteiger partial charge on any atom is 0.293 e. The van der Waals surface area contributed by atoms with Crippen molar-refractivity contribution in [3.8, 4) is 0 Å². The highest BCUT2D eigenvalue weighted by molar-refractivity contribution is 5.34. The lowest BCUT2D eigenvalue weighted by molar-refractivity contribution is 0.438. The highest BCUT2D eigenvalue weighted by Gasteiger charge is 2.40. The highest BCUT2D eigenvalue weighted by Crippen LogP contribution is 2.45. The van der Waals surface area contributed by atoms with Gasteiger partial charge >= 0.3 is 0 Å². The Morgan fingerprint density at radius 3 is 2.78 bits per heavy atom. The topological polar surface area (TPSA) is 46.9 Å². The molecule has 2 bridgehead atoms. The molecule has 3 atom stereocenters. The van der Waals surface area contributed by atoms with Crippen LogP contribution in [0, 0.1) is 11.8 Å². The Morgan fingerprint density at radius 1 is 1.22 bits per heavy atom. The first-order valence-corrected chi connectivity index (χ1v) is 7.15. The molecule has 4 heteroatoms. The summed E-state index contributed by atoms with van der Waals surface area (Å²) in [5.74, 6) is 2.23. The first-order valence-electron chi connectivity index (χ1n) is 7.15. The minimum Gasteiger partial charge on any atom is -0.362 e. The van der Waals surface area contributed by atoms with Crippen LogP contribution in [-0.2, 0) is 0 Å². The molecule has 1 N–H and O–H groups in total. The zero-order valence-electron chi connectivity index (χ0n) is 10.5. The zero-order chi connectivity index (χ0) is 12.1. The predicted molar refractivity (Wildman–Crippen MR) is 69.6 cm³/mol. The third kappa shape index (κ3) is 1.66. The molecule has 0 spiro atoms. The van der Waals surface area contributed by atoms with Crippen LogP contribution in [0.5, 0.6) is 0 Å². The van der Waals surface area contributed by atoms with Gasteiger partial charge in [0.15, 0.2) is 5.82 Å². The quantitative estimate of drug-likeness (QED) is 0.888. The summed E-state index contributed by atoms with van der Waals surface area (Å²) in [6.07, 6.45) is 11.1. The van der Waals surface area contributed by atoms with Crippen molar-refractivity contribution in [2.24, 2.45) is 11.8 Å². The number of aromatic nitrogens is 2. The van der Waals surface area contributed by atoms with Gasteiger partial charge in [-0.25, -0.2) is 4.98 Å². The average molecular weight is 245 g/mol. The van der Waals surface area contributed by atoms with Crippen molar-refractivity contribution in [1.29, 1.82) is 0 Å². The van der Waals surface area contributed by atoms with Gasteiger partial charge in [-0.1, -0.05) is 6.42 Å². The minimum absolute atomic E-state index is 0.0720. The molecule has 3 saturated carbocycles. The van der Waals surface area contributed by atoms with Crippen LogP contribution >= 0.6 is 0 Å². The van der Waals surface area contributed by atoms with Gasteiger partial charge in [0.2, 0.25) is 0 Å². The predicted octanol–water partition coefficient (Wildman–Crippen LogP) is 2.18. The van der Waals surface area contributed by atoms with Crippen LogP contribution in [0.2, 0.25) is 0 Å². The van der Waals surface area contributed by atoms with E-state index >= 15 is 0 Å². The summed E-state index contributed by atoms with van der Waals surface area (Å²) >= 11 is 0. The number of nitrogens with zero attached hydrogens (tertiary/aromatic N) is 2. The van der Waals surface area contributed by atoms with Crippen LogP contribution in [0.1, 0.15) is 44.6 Å². The molecule has 1 aromatic heterocycles. The summed E-state index contributed by atoms with van der Waals surface area (Å²) < 4.78 is 1.85. The van der Waals surface area contributed by atoms with Gasteiger partial charge in [0.25, 0.3) is 5.56 Å². The van der Waals surface area contributed by atoms with E-state index in [1.165, 1.54) is 25.7 Å². The van der Waals surface area contributed by atoms with Crippen molar-refractivity contribution >= 4 is 5.82 Å². The van der Waals surface area contributed by atoms with E-state index in [4.69, 9.17) is 0 Å². The summed E-state index contributed by atoms with van der Waals surface area (Å²) in [6.45, 7) is 0. The minimum atomic E-state index is 0.0720. The summed E-state index contributed by atoms with van der Waals surface area (Å²) in [7, 11) is 0. The Morgan fingerprint density at radius 2 is 2.11 bits per heavy atom. The summed E-state index contributed by atoms with van der Waals surface area (Å²) in [4.78, 5) is 16.5. The van der Waals surface area contributed by atoms with Crippen molar-refractivity contribution in [3.63, 3.8) is 0 Å². The standard InChI is InChI=1S/C14H19N3O/c18-14-13(15-5-6-17(14)11-3-4-11)16-12-8-9-1-2-10(12)7-9/h5-6,9-12H,1-4,7-8H2,(H,15,16). The molecule has 0 aromatic carbocycles. The summed E-state index contributed by atoms with van der Waals surface area (Å²) in [5, 5.41) is 3.42. The summed E-state index contributed by atoms with van der Waals surface area (Å²) in [6, 6.07) is 0.917. The smallest absolute Gasteiger partial charge is 0.293 e. The Bertz CT molecular complexity index is 520. The molecule has 3 unspecified atom stereocenters. The zero-order valence-corrected chi connectivity index (χ0v) is 10.5. The van der Waals surface area contributed by atoms with Gasteiger partial charge in [0.05, 0.1) is 0 Å². The van der Waals surface area contributed by atoms with Crippen LogP contribution < -0.4 is 10.9 Å². The molecule has 1 heterocycles. The summed E-state index contributed by atoms with van der Waals surface area (Å²) in [5.41, 5.74) is 0.0720. The van der Waals surface area contributed by atoms with Crippen LogP contribution in [-0.4, -0.2) is 15.6 Å². The van der Waals surface area contributed by atoms with E-state index in [0.29, 0.717) is 17.9 Å². The van der Waals surface area contributed by atoms with E-state index in [1.807, 2.05) is 10.8 Å². The molecule has 0 radical (unpaired) electrons. The molecule has 0 aliphatic heterocycles. The molecular weight excluding hydrogens is 226 g/mol. The fourth-order valence-electron chi connectivity index (χ4n) is 3.76. The fraction of sp³-hybridized carbons (Fsp3) is 0.714. The number of nitrogens with one attached hydrogen (secondary N) is 1. The maximum atomic E-state index is 12.3.